The average molecular weight is 575 g/mol. The Kier molecular flexibility index (Phi) is 23.0. The standard InChI is InChI=1S/C30H59N2O6P/c1-6-8-10-12-13-14-15-16-17-18-20-21-23-29(33)28(31-30(34)24-22-19-11-9-7-2)27-38-39(35,36)37-26-25-32(3,4)5/h16-17,21,23,28-29,33H,6-15,18-20,22,24-27H2,1-5H3,(H-,31,34,35,36)/b17-16+,23-21+. The lowest BCUT2D eigenvalue weighted by Gasteiger charge is -2.29. The Hall–Kier alpha value is -1.02. The molecule has 1 amide bonds. The largest absolute Gasteiger partial charge is 0.756 e. The van der Waals surface area contributed by atoms with Gasteiger partial charge in [-0.1, -0.05) is 95.9 Å². The van der Waals surface area contributed by atoms with E-state index in [9.17, 15) is 19.4 Å². The summed E-state index contributed by atoms with van der Waals surface area (Å²) in [7, 11) is 1.23. The van der Waals surface area contributed by atoms with E-state index in [-0.39, 0.29) is 12.5 Å². The van der Waals surface area contributed by atoms with Crippen molar-refractivity contribution < 1.29 is 32.9 Å². The molecule has 0 heterocycles. The highest BCUT2D eigenvalue weighted by Crippen LogP contribution is 2.38. The number of phosphoric ester groups is 1. The van der Waals surface area contributed by atoms with E-state index in [0.29, 0.717) is 17.4 Å². The minimum atomic E-state index is -4.56. The van der Waals surface area contributed by atoms with Crippen LogP contribution in [0.4, 0.5) is 0 Å². The summed E-state index contributed by atoms with van der Waals surface area (Å²) in [4.78, 5) is 24.7. The topological polar surface area (TPSA) is 108 Å². The quantitative estimate of drug-likeness (QED) is 0.0564. The molecule has 0 bridgehead atoms. The fourth-order valence-electron chi connectivity index (χ4n) is 3.87. The molecule has 0 aliphatic heterocycles. The van der Waals surface area contributed by atoms with Gasteiger partial charge in [0.05, 0.1) is 39.9 Å². The second kappa shape index (κ2) is 23.7. The van der Waals surface area contributed by atoms with Crippen LogP contribution in [0.1, 0.15) is 110 Å². The van der Waals surface area contributed by atoms with Gasteiger partial charge in [-0.3, -0.25) is 9.36 Å². The summed E-state index contributed by atoms with van der Waals surface area (Å²) >= 11 is 0. The third kappa shape index (κ3) is 25.7. The van der Waals surface area contributed by atoms with E-state index in [0.717, 1.165) is 51.4 Å². The van der Waals surface area contributed by atoms with E-state index in [1.807, 2.05) is 27.2 Å². The number of amides is 1. The van der Waals surface area contributed by atoms with Crippen molar-refractivity contribution in [3.05, 3.63) is 24.3 Å². The molecule has 0 saturated heterocycles. The second-order valence-corrected chi connectivity index (χ2v) is 12.9. The van der Waals surface area contributed by atoms with Gasteiger partial charge >= 0.3 is 0 Å². The average Bonchev–Trinajstić information content (AvgIpc) is 2.86. The van der Waals surface area contributed by atoms with E-state index in [4.69, 9.17) is 9.05 Å². The van der Waals surface area contributed by atoms with E-state index in [2.05, 4.69) is 31.3 Å². The van der Waals surface area contributed by atoms with E-state index in [1.165, 1.54) is 38.5 Å². The van der Waals surface area contributed by atoms with Gasteiger partial charge in [0.25, 0.3) is 7.82 Å². The SMILES string of the molecule is CCCCCCCC/C=C/CC/C=C/C(O)C(COP(=O)([O-])OCC[N+](C)(C)C)NC(=O)CCCCCCC. The number of carbonyl (C=O) groups is 1. The van der Waals surface area contributed by atoms with Crippen LogP contribution in [0.2, 0.25) is 0 Å². The summed E-state index contributed by atoms with van der Waals surface area (Å²) in [6.07, 6.45) is 22.6. The monoisotopic (exact) mass is 574 g/mol. The molecule has 2 N–H and O–H groups in total. The molecule has 3 atom stereocenters. The van der Waals surface area contributed by atoms with Crippen molar-refractivity contribution in [2.24, 2.45) is 0 Å². The van der Waals surface area contributed by atoms with Crippen molar-refractivity contribution in [3.63, 3.8) is 0 Å². The first-order valence-electron chi connectivity index (χ1n) is 15.2. The van der Waals surface area contributed by atoms with E-state index >= 15 is 0 Å². The summed E-state index contributed by atoms with van der Waals surface area (Å²) in [6.45, 7) is 4.46. The van der Waals surface area contributed by atoms with Gasteiger partial charge in [0, 0.05) is 6.42 Å². The van der Waals surface area contributed by atoms with Crippen LogP contribution >= 0.6 is 7.82 Å². The van der Waals surface area contributed by atoms with Crippen LogP contribution in [-0.4, -0.2) is 68.5 Å². The third-order valence-electron chi connectivity index (χ3n) is 6.41. The molecule has 0 fully saturated rings. The zero-order valence-corrected chi connectivity index (χ0v) is 26.5. The number of likely N-dealkylation sites (N-methyl/N-ethyl adjacent to an activating group) is 1. The van der Waals surface area contributed by atoms with Crippen molar-refractivity contribution in [1.82, 2.24) is 5.32 Å². The van der Waals surface area contributed by atoms with Crippen molar-refractivity contribution in [2.45, 2.75) is 122 Å². The molecule has 39 heavy (non-hydrogen) atoms. The Balaban J connectivity index is 4.70. The van der Waals surface area contributed by atoms with Crippen LogP contribution < -0.4 is 10.2 Å². The normalized spacial score (nSPS) is 15.6. The molecular weight excluding hydrogens is 515 g/mol. The number of allylic oxidation sites excluding steroid dienone is 3. The van der Waals surface area contributed by atoms with Gasteiger partial charge in [-0.25, -0.2) is 0 Å². The number of aliphatic hydroxyl groups excluding tert-OH is 1. The highest BCUT2D eigenvalue weighted by molar-refractivity contribution is 7.45. The van der Waals surface area contributed by atoms with Crippen LogP contribution in [0.15, 0.2) is 24.3 Å². The van der Waals surface area contributed by atoms with Crippen molar-refractivity contribution >= 4 is 13.7 Å². The summed E-state index contributed by atoms with van der Waals surface area (Å²) < 4.78 is 22.8. The molecule has 230 valence electrons. The summed E-state index contributed by atoms with van der Waals surface area (Å²) in [6, 6.07) is -0.892. The molecule has 0 aromatic heterocycles. The van der Waals surface area contributed by atoms with E-state index in [1.54, 1.807) is 6.08 Å². The molecule has 3 unspecified atom stereocenters. The zero-order chi connectivity index (χ0) is 29.4. The van der Waals surface area contributed by atoms with Crippen molar-refractivity contribution in [3.8, 4) is 0 Å². The van der Waals surface area contributed by atoms with Gasteiger partial charge in [-0.2, -0.15) is 0 Å². The first-order chi connectivity index (χ1) is 18.5. The number of phosphoric acid groups is 1. The lowest BCUT2D eigenvalue weighted by Crippen LogP contribution is -2.45. The Morgan fingerprint density at radius 2 is 1.44 bits per heavy atom. The number of carbonyl (C=O) groups excluding carboxylic acids is 1. The molecule has 0 aromatic carbocycles. The lowest BCUT2D eigenvalue weighted by atomic mass is 10.1. The highest BCUT2D eigenvalue weighted by Gasteiger charge is 2.23. The Morgan fingerprint density at radius 3 is 2.08 bits per heavy atom. The molecule has 8 nitrogen and oxygen atoms in total. The first-order valence-corrected chi connectivity index (χ1v) is 16.7. The molecule has 0 saturated carbocycles. The minimum absolute atomic E-state index is 0.00606. The van der Waals surface area contributed by atoms with Gasteiger partial charge in [-0.05, 0) is 32.1 Å². The number of nitrogens with one attached hydrogen (secondary N) is 1. The van der Waals surface area contributed by atoms with Crippen molar-refractivity contribution in [2.75, 3.05) is 40.9 Å². The van der Waals surface area contributed by atoms with Gasteiger partial charge in [0.15, 0.2) is 0 Å². The lowest BCUT2D eigenvalue weighted by molar-refractivity contribution is -0.870. The number of quaternary nitrogens is 1. The fraction of sp³-hybridized carbons (Fsp3) is 0.833. The predicted octanol–water partition coefficient (Wildman–Crippen LogP) is 6.04. The molecule has 0 aromatic rings. The van der Waals surface area contributed by atoms with E-state index < -0.39 is 26.6 Å². The molecular formula is C30H59N2O6P. The number of hydrogen-bond donors (Lipinski definition) is 2. The van der Waals surface area contributed by atoms with Crippen LogP contribution in [-0.2, 0) is 18.4 Å². The molecule has 0 rings (SSSR count). The summed E-state index contributed by atoms with van der Waals surface area (Å²) in [5, 5.41) is 13.5. The van der Waals surface area contributed by atoms with Gasteiger partial charge in [-0.15, -0.1) is 0 Å². The molecule has 0 radical (unpaired) electrons. The number of rotatable bonds is 26. The van der Waals surface area contributed by atoms with Gasteiger partial charge in [0.1, 0.15) is 13.2 Å². The highest BCUT2D eigenvalue weighted by atomic mass is 31.2. The Morgan fingerprint density at radius 1 is 0.872 bits per heavy atom. The first kappa shape index (κ1) is 38.0. The molecule has 0 aliphatic carbocycles. The van der Waals surface area contributed by atoms with Crippen LogP contribution in [0.5, 0.6) is 0 Å². The maximum atomic E-state index is 12.5. The maximum absolute atomic E-state index is 12.5. The van der Waals surface area contributed by atoms with Gasteiger partial charge < -0.3 is 28.8 Å². The van der Waals surface area contributed by atoms with Crippen LogP contribution in [0.25, 0.3) is 0 Å². The number of aliphatic hydroxyl groups is 1. The number of hydrogen-bond acceptors (Lipinski definition) is 6. The molecule has 0 spiro atoms. The van der Waals surface area contributed by atoms with Crippen LogP contribution in [0, 0.1) is 0 Å². The van der Waals surface area contributed by atoms with Gasteiger partial charge in [0.2, 0.25) is 5.91 Å². The Labute approximate surface area is 239 Å². The number of nitrogens with zero attached hydrogens (tertiary/aromatic N) is 1. The van der Waals surface area contributed by atoms with Crippen LogP contribution in [0.3, 0.4) is 0 Å². The zero-order valence-electron chi connectivity index (χ0n) is 25.6. The minimum Gasteiger partial charge on any atom is -0.756 e. The van der Waals surface area contributed by atoms with Crippen molar-refractivity contribution in [1.29, 1.82) is 0 Å². The smallest absolute Gasteiger partial charge is 0.268 e. The maximum Gasteiger partial charge on any atom is 0.268 e. The third-order valence-corrected chi connectivity index (χ3v) is 7.38. The second-order valence-electron chi connectivity index (χ2n) is 11.5. The summed E-state index contributed by atoms with van der Waals surface area (Å²) in [5.41, 5.74) is 0. The number of unbranched alkanes of at least 4 members (excludes halogenated alkanes) is 11. The Bertz CT molecular complexity index is 708. The molecule has 9 heteroatoms. The fourth-order valence-corrected chi connectivity index (χ4v) is 4.59. The summed E-state index contributed by atoms with van der Waals surface area (Å²) in [5.74, 6) is -0.225. The predicted molar refractivity (Wildman–Crippen MR) is 159 cm³/mol. The molecule has 0 aliphatic rings.